The number of rotatable bonds is 4. The third-order valence-electron chi connectivity index (χ3n) is 3.99. The van der Waals surface area contributed by atoms with Gasteiger partial charge in [-0.3, -0.25) is 4.79 Å². The Hall–Kier alpha value is -2.18. The number of aromatic nitrogens is 4. The van der Waals surface area contributed by atoms with Crippen molar-refractivity contribution in [2.75, 3.05) is 18.0 Å². The molecule has 2 N–H and O–H groups in total. The number of nitrogens with one attached hydrogen (secondary N) is 2. The molecular weight excluding hydrogens is 268 g/mol. The molecule has 3 heterocycles. The average Bonchev–Trinajstić information content (AvgIpc) is 3.05. The van der Waals surface area contributed by atoms with Crippen LogP contribution in [0.5, 0.6) is 0 Å². The standard InChI is InChI=1S/C14H20N6O/c1-3-4-10-5-20(6-11(10)19-9(2)21)14-12-13(16-7-15-12)17-8-18-14/h7-8,10-11H,3-6H2,1-2H3,(H,19,21)(H,15,16,17,18)/t10-,11-/m1/s1. The number of nitrogens with zero attached hydrogens (tertiary/aromatic N) is 4. The number of anilines is 1. The maximum Gasteiger partial charge on any atom is 0.217 e. The molecule has 1 amide bonds. The van der Waals surface area contributed by atoms with Gasteiger partial charge in [-0.2, -0.15) is 0 Å². The third-order valence-corrected chi connectivity index (χ3v) is 3.99. The van der Waals surface area contributed by atoms with E-state index >= 15 is 0 Å². The first-order chi connectivity index (χ1) is 10.2. The summed E-state index contributed by atoms with van der Waals surface area (Å²) in [5.74, 6) is 1.34. The predicted octanol–water partition coefficient (Wildman–Crippen LogP) is 1.09. The fourth-order valence-corrected chi connectivity index (χ4v) is 3.12. The summed E-state index contributed by atoms with van der Waals surface area (Å²) in [6.07, 6.45) is 5.38. The summed E-state index contributed by atoms with van der Waals surface area (Å²) in [6, 6.07) is 0.176. The Morgan fingerprint density at radius 2 is 2.29 bits per heavy atom. The van der Waals surface area contributed by atoms with Gasteiger partial charge in [-0.05, 0) is 12.3 Å². The topological polar surface area (TPSA) is 86.8 Å². The molecule has 1 aliphatic rings. The number of hydrogen-bond donors (Lipinski definition) is 2. The minimum atomic E-state index is 0.0253. The highest BCUT2D eigenvalue weighted by molar-refractivity contribution is 5.83. The second-order valence-corrected chi connectivity index (χ2v) is 5.56. The largest absolute Gasteiger partial charge is 0.352 e. The van der Waals surface area contributed by atoms with Crippen molar-refractivity contribution in [3.63, 3.8) is 0 Å². The van der Waals surface area contributed by atoms with Crippen LogP contribution in [0.1, 0.15) is 26.7 Å². The zero-order chi connectivity index (χ0) is 14.8. The van der Waals surface area contributed by atoms with E-state index in [1.54, 1.807) is 19.6 Å². The van der Waals surface area contributed by atoms with Gasteiger partial charge in [-0.15, -0.1) is 0 Å². The Morgan fingerprint density at radius 1 is 1.43 bits per heavy atom. The Labute approximate surface area is 123 Å². The summed E-state index contributed by atoms with van der Waals surface area (Å²) in [7, 11) is 0. The van der Waals surface area contributed by atoms with Crippen LogP contribution < -0.4 is 10.2 Å². The lowest BCUT2D eigenvalue weighted by molar-refractivity contribution is -0.119. The molecule has 0 spiro atoms. The highest BCUT2D eigenvalue weighted by Crippen LogP contribution is 2.28. The maximum absolute atomic E-state index is 11.4. The van der Waals surface area contributed by atoms with Crippen LogP contribution in [0.2, 0.25) is 0 Å². The molecule has 1 aliphatic heterocycles. The van der Waals surface area contributed by atoms with Crippen molar-refractivity contribution in [1.82, 2.24) is 25.3 Å². The number of fused-ring (bicyclic) bond motifs is 1. The van der Waals surface area contributed by atoms with E-state index < -0.39 is 0 Å². The molecule has 0 aliphatic carbocycles. The highest BCUT2D eigenvalue weighted by Gasteiger charge is 2.34. The Kier molecular flexibility index (Phi) is 3.72. The van der Waals surface area contributed by atoms with Gasteiger partial charge in [-0.25, -0.2) is 15.0 Å². The average molecular weight is 288 g/mol. The third kappa shape index (κ3) is 2.68. The van der Waals surface area contributed by atoms with E-state index in [0.717, 1.165) is 37.3 Å². The van der Waals surface area contributed by atoms with E-state index in [1.807, 2.05) is 0 Å². The molecule has 1 saturated heterocycles. The lowest BCUT2D eigenvalue weighted by Crippen LogP contribution is -2.39. The zero-order valence-corrected chi connectivity index (χ0v) is 12.3. The van der Waals surface area contributed by atoms with Gasteiger partial charge >= 0.3 is 0 Å². The molecule has 0 bridgehead atoms. The number of aromatic amines is 1. The van der Waals surface area contributed by atoms with Gasteiger partial charge in [-0.1, -0.05) is 13.3 Å². The molecule has 112 valence electrons. The summed E-state index contributed by atoms with van der Waals surface area (Å²) in [5.41, 5.74) is 1.53. The van der Waals surface area contributed by atoms with Gasteiger partial charge in [0.05, 0.1) is 12.4 Å². The zero-order valence-electron chi connectivity index (χ0n) is 12.3. The first kappa shape index (κ1) is 13.8. The highest BCUT2D eigenvalue weighted by atomic mass is 16.1. The van der Waals surface area contributed by atoms with Gasteiger partial charge < -0.3 is 15.2 Å². The number of carbonyl (C=O) groups excluding carboxylic acids is 1. The predicted molar refractivity (Wildman–Crippen MR) is 79.9 cm³/mol. The van der Waals surface area contributed by atoms with Crippen LogP contribution in [0, 0.1) is 5.92 Å². The second-order valence-electron chi connectivity index (χ2n) is 5.56. The van der Waals surface area contributed by atoms with E-state index in [1.165, 1.54) is 0 Å². The molecule has 7 heteroatoms. The van der Waals surface area contributed by atoms with Gasteiger partial charge in [0, 0.05) is 20.0 Å². The summed E-state index contributed by atoms with van der Waals surface area (Å²) in [5, 5.41) is 3.07. The van der Waals surface area contributed by atoms with Crippen molar-refractivity contribution in [1.29, 1.82) is 0 Å². The minimum Gasteiger partial charge on any atom is -0.352 e. The number of hydrogen-bond acceptors (Lipinski definition) is 5. The number of amides is 1. The first-order valence-electron chi connectivity index (χ1n) is 7.35. The molecular formula is C14H20N6O. The molecule has 0 radical (unpaired) electrons. The van der Waals surface area contributed by atoms with Crippen molar-refractivity contribution < 1.29 is 4.79 Å². The van der Waals surface area contributed by atoms with E-state index in [-0.39, 0.29) is 11.9 Å². The maximum atomic E-state index is 11.4. The fraction of sp³-hybridized carbons (Fsp3) is 0.571. The molecule has 3 rings (SSSR count). The van der Waals surface area contributed by atoms with Crippen LogP contribution in [-0.2, 0) is 4.79 Å². The first-order valence-corrected chi connectivity index (χ1v) is 7.35. The molecule has 0 aromatic carbocycles. The van der Waals surface area contributed by atoms with E-state index in [0.29, 0.717) is 11.6 Å². The quantitative estimate of drug-likeness (QED) is 0.879. The molecule has 1 fully saturated rings. The number of carbonyl (C=O) groups is 1. The van der Waals surface area contributed by atoms with Gasteiger partial charge in [0.2, 0.25) is 5.91 Å². The van der Waals surface area contributed by atoms with Gasteiger partial charge in [0.15, 0.2) is 11.5 Å². The molecule has 0 saturated carbocycles. The number of H-pyrrole nitrogens is 1. The summed E-state index contributed by atoms with van der Waals surface area (Å²) in [4.78, 5) is 29.4. The van der Waals surface area contributed by atoms with Gasteiger partial charge in [0.25, 0.3) is 0 Å². The summed E-state index contributed by atoms with van der Waals surface area (Å²) in [6.45, 7) is 5.41. The van der Waals surface area contributed by atoms with Crippen LogP contribution in [-0.4, -0.2) is 45.0 Å². The fourth-order valence-electron chi connectivity index (χ4n) is 3.12. The molecule has 2 atom stereocenters. The van der Waals surface area contributed by atoms with Crippen molar-refractivity contribution in [2.24, 2.45) is 5.92 Å². The normalized spacial score (nSPS) is 21.9. The second kappa shape index (κ2) is 5.67. The summed E-state index contributed by atoms with van der Waals surface area (Å²) >= 11 is 0. The minimum absolute atomic E-state index is 0.0253. The SMILES string of the molecule is CCC[C@@H]1CN(c2ncnc3nc[nH]c23)C[C@H]1NC(C)=O. The van der Waals surface area contributed by atoms with E-state index in [4.69, 9.17) is 0 Å². The molecule has 2 aromatic heterocycles. The Morgan fingerprint density at radius 3 is 3.05 bits per heavy atom. The molecule has 0 unspecified atom stereocenters. The molecule has 7 nitrogen and oxygen atoms in total. The lowest BCUT2D eigenvalue weighted by Gasteiger charge is -2.18. The van der Waals surface area contributed by atoms with Crippen molar-refractivity contribution in [2.45, 2.75) is 32.7 Å². The van der Waals surface area contributed by atoms with E-state index in [2.05, 4.69) is 37.1 Å². The van der Waals surface area contributed by atoms with Crippen molar-refractivity contribution in [3.05, 3.63) is 12.7 Å². The van der Waals surface area contributed by atoms with E-state index in [9.17, 15) is 4.79 Å². The van der Waals surface area contributed by atoms with Gasteiger partial charge in [0.1, 0.15) is 11.8 Å². The molecule has 2 aromatic rings. The Bertz CT molecular complexity index is 639. The lowest BCUT2D eigenvalue weighted by atomic mass is 9.98. The smallest absolute Gasteiger partial charge is 0.217 e. The van der Waals surface area contributed by atoms with Crippen molar-refractivity contribution in [3.8, 4) is 0 Å². The summed E-state index contributed by atoms with van der Waals surface area (Å²) < 4.78 is 0. The van der Waals surface area contributed by atoms with Crippen molar-refractivity contribution >= 4 is 22.9 Å². The monoisotopic (exact) mass is 288 g/mol. The van der Waals surface area contributed by atoms with Crippen LogP contribution in [0.25, 0.3) is 11.2 Å². The van der Waals surface area contributed by atoms with Crippen LogP contribution in [0.15, 0.2) is 12.7 Å². The van der Waals surface area contributed by atoms with Crippen LogP contribution >= 0.6 is 0 Å². The van der Waals surface area contributed by atoms with Crippen LogP contribution in [0.3, 0.4) is 0 Å². The van der Waals surface area contributed by atoms with Crippen LogP contribution in [0.4, 0.5) is 5.82 Å². The Balaban J connectivity index is 1.86. The molecule has 21 heavy (non-hydrogen) atoms. The number of imidazole rings is 1.